The number of carbonyl (C=O) groups is 1. The van der Waals surface area contributed by atoms with Crippen LogP contribution >= 0.6 is 0 Å². The average molecular weight is 258 g/mol. The lowest BCUT2D eigenvalue weighted by Gasteiger charge is -2.21. The van der Waals surface area contributed by atoms with Crippen LogP contribution in [-0.2, 0) is 9.53 Å². The summed E-state index contributed by atoms with van der Waals surface area (Å²) in [5.74, 6) is 0.0302. The topological polar surface area (TPSA) is 70.6 Å². The second-order valence-electron chi connectivity index (χ2n) is 4.86. The third-order valence-corrected chi connectivity index (χ3v) is 3.37. The summed E-state index contributed by atoms with van der Waals surface area (Å²) < 4.78 is 4.86. The first kappa shape index (κ1) is 15.4. The van der Waals surface area contributed by atoms with Crippen LogP contribution in [0, 0.1) is 0 Å². The molecule has 1 fully saturated rings. The summed E-state index contributed by atoms with van der Waals surface area (Å²) in [5.41, 5.74) is 0. The normalized spacial score (nSPS) is 24.6. The Morgan fingerprint density at radius 3 is 2.83 bits per heavy atom. The molecule has 0 saturated heterocycles. The van der Waals surface area contributed by atoms with Gasteiger partial charge < -0.3 is 20.5 Å². The molecule has 0 bridgehead atoms. The molecule has 3 N–H and O–H groups in total. The van der Waals surface area contributed by atoms with E-state index in [9.17, 15) is 9.90 Å². The molecule has 2 unspecified atom stereocenters. The molecule has 0 heterocycles. The van der Waals surface area contributed by atoms with Crippen LogP contribution in [-0.4, -0.2) is 50.0 Å². The molecule has 18 heavy (non-hydrogen) atoms. The molecule has 5 heteroatoms. The monoisotopic (exact) mass is 258 g/mol. The second kappa shape index (κ2) is 9.30. The van der Waals surface area contributed by atoms with Gasteiger partial charge in [-0.3, -0.25) is 4.79 Å². The maximum absolute atomic E-state index is 11.4. The van der Waals surface area contributed by atoms with Gasteiger partial charge in [-0.25, -0.2) is 0 Å². The van der Waals surface area contributed by atoms with Crippen LogP contribution in [0.2, 0.25) is 0 Å². The van der Waals surface area contributed by atoms with E-state index in [0.29, 0.717) is 26.1 Å². The Kier molecular flexibility index (Phi) is 7.96. The van der Waals surface area contributed by atoms with Gasteiger partial charge in [0, 0.05) is 32.7 Å². The summed E-state index contributed by atoms with van der Waals surface area (Å²) in [7, 11) is 1.61. The SMILES string of the molecule is COCCNC(=O)CCNC1CCCCCC1O. The number of carbonyl (C=O) groups excluding carboxylic acids is 1. The zero-order chi connectivity index (χ0) is 13.2. The van der Waals surface area contributed by atoms with Crippen LogP contribution in [0.3, 0.4) is 0 Å². The predicted molar refractivity (Wildman–Crippen MR) is 70.4 cm³/mol. The molecule has 1 amide bonds. The lowest BCUT2D eigenvalue weighted by Crippen LogP contribution is -2.41. The van der Waals surface area contributed by atoms with Crippen molar-refractivity contribution in [3.8, 4) is 0 Å². The van der Waals surface area contributed by atoms with Crippen LogP contribution in [0.25, 0.3) is 0 Å². The first-order valence-corrected chi connectivity index (χ1v) is 6.91. The second-order valence-corrected chi connectivity index (χ2v) is 4.86. The van der Waals surface area contributed by atoms with Crippen molar-refractivity contribution in [2.45, 2.75) is 50.7 Å². The first-order valence-electron chi connectivity index (χ1n) is 6.91. The Bertz CT molecular complexity index is 236. The molecule has 1 aliphatic carbocycles. The van der Waals surface area contributed by atoms with E-state index in [2.05, 4.69) is 10.6 Å². The third-order valence-electron chi connectivity index (χ3n) is 3.37. The lowest BCUT2D eigenvalue weighted by atomic mass is 10.1. The third kappa shape index (κ3) is 6.33. The van der Waals surface area contributed by atoms with Gasteiger partial charge in [-0.2, -0.15) is 0 Å². The molecular weight excluding hydrogens is 232 g/mol. The summed E-state index contributed by atoms with van der Waals surface area (Å²) >= 11 is 0. The van der Waals surface area contributed by atoms with Gasteiger partial charge in [-0.1, -0.05) is 19.3 Å². The molecule has 0 spiro atoms. The molecule has 0 aliphatic heterocycles. The molecule has 1 rings (SSSR count). The van der Waals surface area contributed by atoms with E-state index in [1.807, 2.05) is 0 Å². The maximum Gasteiger partial charge on any atom is 0.221 e. The van der Waals surface area contributed by atoms with E-state index in [-0.39, 0.29) is 18.1 Å². The number of methoxy groups -OCH3 is 1. The van der Waals surface area contributed by atoms with Gasteiger partial charge in [0.25, 0.3) is 0 Å². The number of rotatable bonds is 7. The molecule has 1 aliphatic rings. The van der Waals surface area contributed by atoms with Crippen LogP contribution in [0.5, 0.6) is 0 Å². The highest BCUT2D eigenvalue weighted by atomic mass is 16.5. The number of aliphatic hydroxyl groups excluding tert-OH is 1. The average Bonchev–Trinajstić information content (AvgIpc) is 2.55. The minimum absolute atomic E-state index is 0.0302. The number of hydrogen-bond donors (Lipinski definition) is 3. The number of hydrogen-bond acceptors (Lipinski definition) is 4. The highest BCUT2D eigenvalue weighted by Gasteiger charge is 2.20. The van der Waals surface area contributed by atoms with Crippen molar-refractivity contribution in [2.24, 2.45) is 0 Å². The molecular formula is C13H26N2O3. The summed E-state index contributed by atoms with van der Waals surface area (Å²) in [5, 5.41) is 16.0. The number of amides is 1. The van der Waals surface area contributed by atoms with E-state index < -0.39 is 0 Å². The van der Waals surface area contributed by atoms with Gasteiger partial charge in [0.1, 0.15) is 0 Å². The van der Waals surface area contributed by atoms with Gasteiger partial charge in [0.05, 0.1) is 12.7 Å². The maximum atomic E-state index is 11.4. The zero-order valence-electron chi connectivity index (χ0n) is 11.3. The quantitative estimate of drug-likeness (QED) is 0.457. The Morgan fingerprint density at radius 1 is 1.28 bits per heavy atom. The lowest BCUT2D eigenvalue weighted by molar-refractivity contribution is -0.121. The number of nitrogens with one attached hydrogen (secondary N) is 2. The smallest absolute Gasteiger partial charge is 0.221 e. The molecule has 0 aromatic carbocycles. The Balaban J connectivity index is 2.10. The van der Waals surface area contributed by atoms with Gasteiger partial charge in [-0.05, 0) is 12.8 Å². The first-order chi connectivity index (χ1) is 8.74. The summed E-state index contributed by atoms with van der Waals surface area (Å²) in [6, 6.07) is 0.152. The fourth-order valence-electron chi connectivity index (χ4n) is 2.28. The number of ether oxygens (including phenoxy) is 1. The fraction of sp³-hybridized carbons (Fsp3) is 0.923. The van der Waals surface area contributed by atoms with Gasteiger partial charge in [-0.15, -0.1) is 0 Å². The van der Waals surface area contributed by atoms with Crippen molar-refractivity contribution in [3.63, 3.8) is 0 Å². The van der Waals surface area contributed by atoms with Crippen molar-refractivity contribution in [1.82, 2.24) is 10.6 Å². The Hall–Kier alpha value is -0.650. The highest BCUT2D eigenvalue weighted by Crippen LogP contribution is 2.17. The van der Waals surface area contributed by atoms with E-state index in [0.717, 1.165) is 25.7 Å². The minimum atomic E-state index is -0.260. The summed E-state index contributed by atoms with van der Waals surface area (Å²) in [6.45, 7) is 1.72. The molecule has 2 atom stereocenters. The fourth-order valence-corrected chi connectivity index (χ4v) is 2.28. The Labute approximate surface area is 109 Å². The standard InChI is InChI=1S/C13H26N2O3/c1-18-10-9-15-13(17)7-8-14-11-5-3-2-4-6-12(11)16/h11-12,14,16H,2-10H2,1H3,(H,15,17). The predicted octanol–water partition coefficient (Wildman–Crippen LogP) is 0.422. The van der Waals surface area contributed by atoms with Crippen LogP contribution < -0.4 is 10.6 Å². The van der Waals surface area contributed by atoms with Crippen molar-refractivity contribution in [3.05, 3.63) is 0 Å². The van der Waals surface area contributed by atoms with E-state index >= 15 is 0 Å². The van der Waals surface area contributed by atoms with Crippen molar-refractivity contribution < 1.29 is 14.6 Å². The van der Waals surface area contributed by atoms with Crippen LogP contribution in [0.4, 0.5) is 0 Å². The van der Waals surface area contributed by atoms with E-state index in [1.165, 1.54) is 6.42 Å². The molecule has 0 radical (unpaired) electrons. The van der Waals surface area contributed by atoms with E-state index in [1.54, 1.807) is 7.11 Å². The summed E-state index contributed by atoms with van der Waals surface area (Å²) in [6.07, 6.45) is 5.54. The molecule has 0 aromatic heterocycles. The van der Waals surface area contributed by atoms with Gasteiger partial charge >= 0.3 is 0 Å². The molecule has 0 aromatic rings. The molecule has 106 valence electrons. The van der Waals surface area contributed by atoms with Crippen LogP contribution in [0.15, 0.2) is 0 Å². The van der Waals surface area contributed by atoms with Gasteiger partial charge in [0.15, 0.2) is 0 Å². The highest BCUT2D eigenvalue weighted by molar-refractivity contribution is 5.76. The minimum Gasteiger partial charge on any atom is -0.392 e. The van der Waals surface area contributed by atoms with Crippen molar-refractivity contribution >= 4 is 5.91 Å². The molecule has 1 saturated carbocycles. The van der Waals surface area contributed by atoms with E-state index in [4.69, 9.17) is 4.74 Å². The van der Waals surface area contributed by atoms with Crippen LogP contribution in [0.1, 0.15) is 38.5 Å². The number of aliphatic hydroxyl groups is 1. The Morgan fingerprint density at radius 2 is 2.06 bits per heavy atom. The van der Waals surface area contributed by atoms with Crippen molar-refractivity contribution in [2.75, 3.05) is 26.8 Å². The zero-order valence-corrected chi connectivity index (χ0v) is 11.3. The van der Waals surface area contributed by atoms with Gasteiger partial charge in [0.2, 0.25) is 5.91 Å². The molecule has 5 nitrogen and oxygen atoms in total. The summed E-state index contributed by atoms with van der Waals surface area (Å²) in [4.78, 5) is 11.4. The largest absolute Gasteiger partial charge is 0.392 e. The van der Waals surface area contributed by atoms with Crippen molar-refractivity contribution in [1.29, 1.82) is 0 Å².